The summed E-state index contributed by atoms with van der Waals surface area (Å²) in [7, 11) is 1.44. The van der Waals surface area contributed by atoms with Crippen LogP contribution >= 0.6 is 0 Å². The van der Waals surface area contributed by atoms with Gasteiger partial charge in [-0.2, -0.15) is 5.10 Å². The van der Waals surface area contributed by atoms with Crippen molar-refractivity contribution >= 4 is 5.69 Å². The van der Waals surface area contributed by atoms with Gasteiger partial charge in [-0.05, 0) is 24.6 Å². The summed E-state index contributed by atoms with van der Waals surface area (Å²) in [6, 6.07) is 4.76. The molecule has 0 aliphatic heterocycles. The predicted molar refractivity (Wildman–Crippen MR) is 74.3 cm³/mol. The van der Waals surface area contributed by atoms with Gasteiger partial charge in [0.05, 0.1) is 32.1 Å². The molecule has 2 N–H and O–H groups in total. The molecular formula is C14H18FN3O2. The molecule has 1 heterocycles. The number of nitrogens with zero attached hydrogens (tertiary/aromatic N) is 2. The maximum absolute atomic E-state index is 13.4. The molecule has 1 atom stereocenters. The SMILES string of the molecule is COc1cc(C(C)Nc2cnn(CCO)c2)ccc1F. The van der Waals surface area contributed by atoms with Crippen LogP contribution in [0, 0.1) is 5.82 Å². The molecule has 1 aromatic carbocycles. The lowest BCUT2D eigenvalue weighted by molar-refractivity contribution is 0.269. The molecule has 108 valence electrons. The summed E-state index contributed by atoms with van der Waals surface area (Å²) in [4.78, 5) is 0. The molecule has 0 radical (unpaired) electrons. The van der Waals surface area contributed by atoms with Crippen LogP contribution in [0.4, 0.5) is 10.1 Å². The third kappa shape index (κ3) is 3.27. The number of aromatic nitrogens is 2. The van der Waals surface area contributed by atoms with Crippen molar-refractivity contribution in [1.82, 2.24) is 9.78 Å². The number of hydrogen-bond donors (Lipinski definition) is 2. The normalized spacial score (nSPS) is 12.2. The van der Waals surface area contributed by atoms with Crippen molar-refractivity contribution in [2.75, 3.05) is 19.0 Å². The van der Waals surface area contributed by atoms with Crippen LogP contribution < -0.4 is 10.1 Å². The Balaban J connectivity index is 2.08. The van der Waals surface area contributed by atoms with Crippen LogP contribution in [-0.4, -0.2) is 28.6 Å². The number of benzene rings is 1. The minimum Gasteiger partial charge on any atom is -0.494 e. The molecule has 0 aliphatic carbocycles. The standard InChI is InChI=1S/C14H18FN3O2/c1-10(11-3-4-13(15)14(7-11)20-2)17-12-8-16-18(9-12)5-6-19/h3-4,7-10,17,19H,5-6H2,1-2H3. The first-order chi connectivity index (χ1) is 9.63. The second-order valence-electron chi connectivity index (χ2n) is 4.48. The quantitative estimate of drug-likeness (QED) is 0.851. The Morgan fingerprint density at radius 3 is 3.00 bits per heavy atom. The molecule has 0 bridgehead atoms. The van der Waals surface area contributed by atoms with Gasteiger partial charge in [0.2, 0.25) is 0 Å². The maximum Gasteiger partial charge on any atom is 0.165 e. The molecule has 20 heavy (non-hydrogen) atoms. The number of methoxy groups -OCH3 is 1. The second kappa shape index (κ2) is 6.38. The Morgan fingerprint density at radius 1 is 1.50 bits per heavy atom. The van der Waals surface area contributed by atoms with E-state index in [0.717, 1.165) is 11.3 Å². The smallest absolute Gasteiger partial charge is 0.165 e. The molecular weight excluding hydrogens is 261 g/mol. The van der Waals surface area contributed by atoms with Crippen molar-refractivity contribution in [2.24, 2.45) is 0 Å². The lowest BCUT2D eigenvalue weighted by Gasteiger charge is -2.15. The van der Waals surface area contributed by atoms with E-state index in [4.69, 9.17) is 9.84 Å². The van der Waals surface area contributed by atoms with Gasteiger partial charge in [0, 0.05) is 12.2 Å². The first kappa shape index (κ1) is 14.3. The zero-order chi connectivity index (χ0) is 14.5. The molecule has 2 rings (SSSR count). The predicted octanol–water partition coefficient (Wildman–Crippen LogP) is 2.20. The summed E-state index contributed by atoms with van der Waals surface area (Å²) >= 11 is 0. The van der Waals surface area contributed by atoms with Crippen molar-refractivity contribution in [3.63, 3.8) is 0 Å². The first-order valence-corrected chi connectivity index (χ1v) is 6.37. The number of aliphatic hydroxyl groups is 1. The molecule has 1 unspecified atom stereocenters. The van der Waals surface area contributed by atoms with E-state index in [-0.39, 0.29) is 24.2 Å². The molecule has 0 saturated heterocycles. The highest BCUT2D eigenvalue weighted by Gasteiger charge is 2.10. The fraction of sp³-hybridized carbons (Fsp3) is 0.357. The van der Waals surface area contributed by atoms with Gasteiger partial charge in [-0.15, -0.1) is 0 Å². The van der Waals surface area contributed by atoms with E-state index in [1.54, 1.807) is 23.0 Å². The van der Waals surface area contributed by atoms with E-state index in [1.807, 2.05) is 13.1 Å². The summed E-state index contributed by atoms with van der Waals surface area (Å²) in [5, 5.41) is 16.2. The van der Waals surface area contributed by atoms with Gasteiger partial charge >= 0.3 is 0 Å². The Kier molecular flexibility index (Phi) is 4.57. The number of aliphatic hydroxyl groups excluding tert-OH is 1. The highest BCUT2D eigenvalue weighted by molar-refractivity contribution is 5.43. The van der Waals surface area contributed by atoms with Crippen LogP contribution in [0.1, 0.15) is 18.5 Å². The number of ether oxygens (including phenoxy) is 1. The van der Waals surface area contributed by atoms with Crippen LogP contribution in [0.2, 0.25) is 0 Å². The van der Waals surface area contributed by atoms with E-state index in [9.17, 15) is 4.39 Å². The lowest BCUT2D eigenvalue weighted by Crippen LogP contribution is -2.07. The zero-order valence-corrected chi connectivity index (χ0v) is 11.5. The summed E-state index contributed by atoms with van der Waals surface area (Å²) in [5.74, 6) is -0.147. The highest BCUT2D eigenvalue weighted by atomic mass is 19.1. The minimum absolute atomic E-state index is 0.0173. The van der Waals surface area contributed by atoms with E-state index >= 15 is 0 Å². The summed E-state index contributed by atoms with van der Waals surface area (Å²) in [5.41, 5.74) is 1.76. The zero-order valence-electron chi connectivity index (χ0n) is 11.5. The summed E-state index contributed by atoms with van der Waals surface area (Å²) in [6.45, 7) is 2.47. The monoisotopic (exact) mass is 279 g/mol. The van der Waals surface area contributed by atoms with E-state index in [1.165, 1.54) is 13.2 Å². The molecule has 5 nitrogen and oxygen atoms in total. The van der Waals surface area contributed by atoms with E-state index < -0.39 is 0 Å². The van der Waals surface area contributed by atoms with E-state index in [2.05, 4.69) is 10.4 Å². The molecule has 0 saturated carbocycles. The fourth-order valence-electron chi connectivity index (χ4n) is 1.94. The van der Waals surface area contributed by atoms with Gasteiger partial charge in [-0.1, -0.05) is 6.07 Å². The molecule has 0 aliphatic rings. The number of halogens is 1. The van der Waals surface area contributed by atoms with Crippen molar-refractivity contribution in [3.8, 4) is 5.75 Å². The molecule has 6 heteroatoms. The van der Waals surface area contributed by atoms with Crippen LogP contribution in [-0.2, 0) is 6.54 Å². The largest absolute Gasteiger partial charge is 0.494 e. The highest BCUT2D eigenvalue weighted by Crippen LogP contribution is 2.24. The number of nitrogens with one attached hydrogen (secondary N) is 1. The average molecular weight is 279 g/mol. The van der Waals surface area contributed by atoms with Gasteiger partial charge in [-0.25, -0.2) is 4.39 Å². The van der Waals surface area contributed by atoms with Gasteiger partial charge < -0.3 is 15.2 Å². The van der Waals surface area contributed by atoms with E-state index in [0.29, 0.717) is 6.54 Å². The number of rotatable bonds is 6. The topological polar surface area (TPSA) is 59.3 Å². The van der Waals surface area contributed by atoms with Gasteiger partial charge in [0.15, 0.2) is 11.6 Å². The third-order valence-corrected chi connectivity index (χ3v) is 3.02. The molecule has 0 spiro atoms. The summed E-state index contributed by atoms with van der Waals surface area (Å²) < 4.78 is 20.0. The van der Waals surface area contributed by atoms with Crippen LogP contribution in [0.5, 0.6) is 5.75 Å². The molecule has 0 fully saturated rings. The van der Waals surface area contributed by atoms with Gasteiger partial charge in [0.1, 0.15) is 0 Å². The Bertz CT molecular complexity index is 571. The maximum atomic E-state index is 13.4. The third-order valence-electron chi connectivity index (χ3n) is 3.02. The Hall–Kier alpha value is -2.08. The molecule has 0 amide bonds. The molecule has 2 aromatic rings. The van der Waals surface area contributed by atoms with Crippen molar-refractivity contribution < 1.29 is 14.2 Å². The minimum atomic E-state index is -0.376. The second-order valence-corrected chi connectivity index (χ2v) is 4.48. The Morgan fingerprint density at radius 2 is 2.30 bits per heavy atom. The van der Waals surface area contributed by atoms with Crippen molar-refractivity contribution in [1.29, 1.82) is 0 Å². The van der Waals surface area contributed by atoms with Crippen molar-refractivity contribution in [2.45, 2.75) is 19.5 Å². The van der Waals surface area contributed by atoms with Crippen LogP contribution in [0.15, 0.2) is 30.6 Å². The van der Waals surface area contributed by atoms with Crippen LogP contribution in [0.3, 0.4) is 0 Å². The summed E-state index contributed by atoms with van der Waals surface area (Å²) in [6.07, 6.45) is 3.50. The Labute approximate surface area is 117 Å². The van der Waals surface area contributed by atoms with Gasteiger partial charge in [0.25, 0.3) is 0 Å². The van der Waals surface area contributed by atoms with Crippen molar-refractivity contribution in [3.05, 3.63) is 42.0 Å². The lowest BCUT2D eigenvalue weighted by atomic mass is 10.1. The fourth-order valence-corrected chi connectivity index (χ4v) is 1.94. The molecule has 1 aromatic heterocycles. The van der Waals surface area contributed by atoms with Gasteiger partial charge in [-0.3, -0.25) is 4.68 Å². The van der Waals surface area contributed by atoms with Crippen LogP contribution in [0.25, 0.3) is 0 Å². The number of anilines is 1. The first-order valence-electron chi connectivity index (χ1n) is 6.37. The number of hydrogen-bond acceptors (Lipinski definition) is 4. The average Bonchev–Trinajstić information content (AvgIpc) is 2.87.